The summed E-state index contributed by atoms with van der Waals surface area (Å²) < 4.78 is 0. The normalized spacial score (nSPS) is 18.2. The molecular weight excluding hydrogens is 302 g/mol. The van der Waals surface area contributed by atoms with Crippen molar-refractivity contribution in [2.24, 2.45) is 5.92 Å². The zero-order valence-electron chi connectivity index (χ0n) is 14.3. The molecule has 2 aliphatic rings. The van der Waals surface area contributed by atoms with Crippen LogP contribution in [-0.4, -0.2) is 52.8 Å². The van der Waals surface area contributed by atoms with Gasteiger partial charge in [-0.25, -0.2) is 0 Å². The van der Waals surface area contributed by atoms with Gasteiger partial charge >= 0.3 is 0 Å². The molecule has 1 aromatic carbocycles. The van der Waals surface area contributed by atoms with Crippen molar-refractivity contribution in [3.8, 4) is 0 Å². The minimum absolute atomic E-state index is 0.0294. The van der Waals surface area contributed by atoms with E-state index in [2.05, 4.69) is 31.0 Å². The predicted octanol–water partition coefficient (Wildman–Crippen LogP) is 2.48. The lowest BCUT2D eigenvalue weighted by molar-refractivity contribution is -0.134. The van der Waals surface area contributed by atoms with Crippen LogP contribution in [0.2, 0.25) is 0 Å². The fraction of sp³-hybridized carbons (Fsp3) is 0.474. The largest absolute Gasteiger partial charge is 0.351 e. The van der Waals surface area contributed by atoms with Gasteiger partial charge in [0.1, 0.15) is 5.69 Å². The van der Waals surface area contributed by atoms with Gasteiger partial charge in [-0.3, -0.25) is 9.59 Å². The molecule has 2 heterocycles. The Hall–Kier alpha value is -2.30. The van der Waals surface area contributed by atoms with Crippen LogP contribution in [0.25, 0.3) is 10.9 Å². The van der Waals surface area contributed by atoms with Gasteiger partial charge in [-0.2, -0.15) is 0 Å². The van der Waals surface area contributed by atoms with Gasteiger partial charge in [0.25, 0.3) is 5.91 Å². The van der Waals surface area contributed by atoms with E-state index >= 15 is 0 Å². The van der Waals surface area contributed by atoms with Gasteiger partial charge in [0, 0.05) is 43.0 Å². The lowest BCUT2D eigenvalue weighted by Gasteiger charge is -2.34. The molecule has 1 aliphatic carbocycles. The summed E-state index contributed by atoms with van der Waals surface area (Å²) in [6.45, 7) is 6.67. The van der Waals surface area contributed by atoms with Crippen LogP contribution in [0.4, 0.5) is 0 Å². The van der Waals surface area contributed by atoms with Crippen molar-refractivity contribution in [1.82, 2.24) is 14.8 Å². The first-order valence-corrected chi connectivity index (χ1v) is 8.71. The second kappa shape index (κ2) is 5.65. The van der Waals surface area contributed by atoms with Gasteiger partial charge in [0.2, 0.25) is 5.91 Å². The molecule has 0 unspecified atom stereocenters. The van der Waals surface area contributed by atoms with Crippen molar-refractivity contribution in [3.63, 3.8) is 0 Å². The summed E-state index contributed by atoms with van der Waals surface area (Å²) in [7, 11) is 0. The van der Waals surface area contributed by atoms with Crippen molar-refractivity contribution < 1.29 is 9.59 Å². The Morgan fingerprint density at radius 1 is 1.00 bits per heavy atom. The zero-order valence-corrected chi connectivity index (χ0v) is 14.3. The molecule has 1 aliphatic heterocycles. The van der Waals surface area contributed by atoms with Crippen molar-refractivity contribution in [1.29, 1.82) is 0 Å². The van der Waals surface area contributed by atoms with E-state index in [9.17, 15) is 9.59 Å². The van der Waals surface area contributed by atoms with Crippen molar-refractivity contribution in [2.45, 2.75) is 26.7 Å². The Kier molecular flexibility index (Phi) is 3.59. The molecule has 4 rings (SSSR count). The maximum atomic E-state index is 12.8. The van der Waals surface area contributed by atoms with Gasteiger partial charge in [-0.05, 0) is 49.9 Å². The quantitative estimate of drug-likeness (QED) is 0.922. The number of amides is 2. The van der Waals surface area contributed by atoms with E-state index in [0.29, 0.717) is 31.9 Å². The highest BCUT2D eigenvalue weighted by molar-refractivity contribution is 5.99. The van der Waals surface area contributed by atoms with Gasteiger partial charge in [0.05, 0.1) is 0 Å². The van der Waals surface area contributed by atoms with Crippen molar-refractivity contribution in [3.05, 3.63) is 35.0 Å². The second-order valence-corrected chi connectivity index (χ2v) is 7.12. The molecule has 2 amide bonds. The number of carbonyl (C=O) groups is 2. The standard InChI is InChI=1S/C19H23N3O2/c1-12-9-13(2)15-11-17(20-16(15)10-12)19(24)22-7-5-21(6-8-22)18(23)14-3-4-14/h9-11,14,20H,3-8H2,1-2H3. The summed E-state index contributed by atoms with van der Waals surface area (Å²) in [4.78, 5) is 31.9. The smallest absolute Gasteiger partial charge is 0.270 e. The van der Waals surface area contributed by atoms with Crippen molar-refractivity contribution >= 4 is 22.7 Å². The van der Waals surface area contributed by atoms with E-state index in [1.807, 2.05) is 15.9 Å². The minimum Gasteiger partial charge on any atom is -0.351 e. The van der Waals surface area contributed by atoms with E-state index in [0.717, 1.165) is 23.7 Å². The number of nitrogens with zero attached hydrogens (tertiary/aromatic N) is 2. The molecule has 24 heavy (non-hydrogen) atoms. The number of aromatic amines is 1. The Balaban J connectivity index is 1.48. The summed E-state index contributed by atoms with van der Waals surface area (Å²) in [5.41, 5.74) is 4.02. The maximum absolute atomic E-state index is 12.8. The highest BCUT2D eigenvalue weighted by atomic mass is 16.2. The monoisotopic (exact) mass is 325 g/mol. The van der Waals surface area contributed by atoms with Crippen LogP contribution in [-0.2, 0) is 4.79 Å². The third-order valence-corrected chi connectivity index (χ3v) is 5.12. The molecule has 5 nitrogen and oxygen atoms in total. The van der Waals surface area contributed by atoms with Crippen LogP contribution >= 0.6 is 0 Å². The van der Waals surface area contributed by atoms with Crippen LogP contribution in [0.1, 0.15) is 34.5 Å². The predicted molar refractivity (Wildman–Crippen MR) is 93.0 cm³/mol. The summed E-state index contributed by atoms with van der Waals surface area (Å²) >= 11 is 0. The topological polar surface area (TPSA) is 56.4 Å². The number of fused-ring (bicyclic) bond motifs is 1. The number of nitrogens with one attached hydrogen (secondary N) is 1. The average Bonchev–Trinajstić information content (AvgIpc) is 3.33. The number of carbonyl (C=O) groups excluding carboxylic acids is 2. The maximum Gasteiger partial charge on any atom is 0.270 e. The Morgan fingerprint density at radius 3 is 2.33 bits per heavy atom. The average molecular weight is 325 g/mol. The lowest BCUT2D eigenvalue weighted by Crippen LogP contribution is -2.51. The number of H-pyrrole nitrogens is 1. The van der Waals surface area contributed by atoms with Gasteiger partial charge in [-0.1, -0.05) is 6.07 Å². The molecule has 1 saturated carbocycles. The second-order valence-electron chi connectivity index (χ2n) is 7.12. The fourth-order valence-corrected chi connectivity index (χ4v) is 3.60. The molecule has 1 saturated heterocycles. The number of rotatable bonds is 2. The summed E-state index contributed by atoms with van der Waals surface area (Å²) in [6.07, 6.45) is 2.07. The number of hydrogen-bond donors (Lipinski definition) is 1. The molecule has 1 N–H and O–H groups in total. The Bertz CT molecular complexity index is 811. The fourth-order valence-electron chi connectivity index (χ4n) is 3.60. The van der Waals surface area contributed by atoms with E-state index in [1.54, 1.807) is 0 Å². The molecule has 5 heteroatoms. The molecule has 0 radical (unpaired) electrons. The molecule has 0 bridgehead atoms. The first-order chi connectivity index (χ1) is 11.5. The van der Waals surface area contributed by atoms with E-state index in [4.69, 9.17) is 0 Å². The van der Waals surface area contributed by atoms with E-state index in [-0.39, 0.29) is 17.7 Å². The molecule has 126 valence electrons. The summed E-state index contributed by atoms with van der Waals surface area (Å²) in [5.74, 6) is 0.563. The van der Waals surface area contributed by atoms with Crippen LogP contribution in [0, 0.1) is 19.8 Å². The number of piperazine rings is 1. The summed E-state index contributed by atoms with van der Waals surface area (Å²) in [6, 6.07) is 6.16. The van der Waals surface area contributed by atoms with E-state index in [1.165, 1.54) is 11.1 Å². The first-order valence-electron chi connectivity index (χ1n) is 8.71. The number of benzene rings is 1. The highest BCUT2D eigenvalue weighted by Crippen LogP contribution is 2.31. The van der Waals surface area contributed by atoms with Crippen LogP contribution in [0.3, 0.4) is 0 Å². The van der Waals surface area contributed by atoms with Crippen LogP contribution < -0.4 is 0 Å². The number of aromatic nitrogens is 1. The molecule has 0 spiro atoms. The Labute approximate surface area is 141 Å². The number of hydrogen-bond acceptors (Lipinski definition) is 2. The highest BCUT2D eigenvalue weighted by Gasteiger charge is 2.35. The van der Waals surface area contributed by atoms with Crippen molar-refractivity contribution in [2.75, 3.05) is 26.2 Å². The first kappa shape index (κ1) is 15.2. The zero-order chi connectivity index (χ0) is 16.8. The SMILES string of the molecule is Cc1cc(C)c2cc(C(=O)N3CCN(C(=O)C4CC4)CC3)[nH]c2c1. The number of aryl methyl sites for hydroxylation is 2. The molecule has 2 aromatic rings. The van der Waals surface area contributed by atoms with Crippen LogP contribution in [0.5, 0.6) is 0 Å². The molecule has 0 atom stereocenters. The van der Waals surface area contributed by atoms with Crippen LogP contribution in [0.15, 0.2) is 18.2 Å². The summed E-state index contributed by atoms with van der Waals surface area (Å²) in [5, 5.41) is 1.10. The minimum atomic E-state index is 0.0294. The van der Waals surface area contributed by atoms with Gasteiger partial charge in [-0.15, -0.1) is 0 Å². The third kappa shape index (κ3) is 2.68. The molecular formula is C19H23N3O2. The third-order valence-electron chi connectivity index (χ3n) is 5.12. The molecule has 2 fully saturated rings. The van der Waals surface area contributed by atoms with E-state index < -0.39 is 0 Å². The lowest BCUT2D eigenvalue weighted by atomic mass is 10.1. The molecule has 1 aromatic heterocycles. The van der Waals surface area contributed by atoms with Gasteiger partial charge in [0.15, 0.2) is 0 Å². The van der Waals surface area contributed by atoms with Gasteiger partial charge < -0.3 is 14.8 Å². The Morgan fingerprint density at radius 2 is 1.67 bits per heavy atom.